The molecular formula is C26H26N4O4S. The van der Waals surface area contributed by atoms with Crippen LogP contribution in [0.1, 0.15) is 27.2 Å². The van der Waals surface area contributed by atoms with Gasteiger partial charge in [-0.1, -0.05) is 24.3 Å². The van der Waals surface area contributed by atoms with E-state index in [0.29, 0.717) is 0 Å². The van der Waals surface area contributed by atoms with Crippen LogP contribution >= 0.6 is 0 Å². The molecule has 3 aromatic carbocycles. The second kappa shape index (κ2) is 9.73. The monoisotopic (exact) mass is 490 g/mol. The van der Waals surface area contributed by atoms with Gasteiger partial charge in [-0.3, -0.25) is 4.79 Å². The number of methoxy groups -OCH3 is 1. The van der Waals surface area contributed by atoms with Gasteiger partial charge in [0.1, 0.15) is 5.75 Å². The number of sulfonamides is 1. The van der Waals surface area contributed by atoms with Crippen LogP contribution in [0.25, 0.3) is 16.9 Å². The number of aryl methyl sites for hydroxylation is 2. The van der Waals surface area contributed by atoms with E-state index in [1.54, 1.807) is 30.0 Å². The van der Waals surface area contributed by atoms with Crippen LogP contribution in [-0.2, 0) is 16.6 Å². The minimum atomic E-state index is -3.77. The molecule has 0 saturated heterocycles. The highest BCUT2D eigenvalue weighted by molar-refractivity contribution is 7.89. The predicted octanol–water partition coefficient (Wildman–Crippen LogP) is 3.74. The number of hydrogen-bond donors (Lipinski definition) is 2. The standard InChI is InChI=1S/C26H26N4O4S/c1-17-4-7-20(14-18(17)2)25-15-24(29-30(25)21-8-10-22(34-3)11-9-21)26(31)28-16-19-5-12-23(13-6-19)35(27,32)33/h4-15H,16H2,1-3H3,(H,28,31)(H2,27,32,33). The van der Waals surface area contributed by atoms with Crippen molar-refractivity contribution >= 4 is 15.9 Å². The molecule has 1 aromatic heterocycles. The number of amides is 1. The fourth-order valence-electron chi connectivity index (χ4n) is 3.59. The van der Waals surface area contributed by atoms with Crippen molar-refractivity contribution in [2.75, 3.05) is 7.11 Å². The molecule has 0 radical (unpaired) electrons. The van der Waals surface area contributed by atoms with Gasteiger partial charge in [0.2, 0.25) is 10.0 Å². The third kappa shape index (κ3) is 5.42. The Kier molecular flexibility index (Phi) is 6.72. The van der Waals surface area contributed by atoms with E-state index in [4.69, 9.17) is 9.88 Å². The van der Waals surface area contributed by atoms with E-state index in [1.165, 1.54) is 17.7 Å². The zero-order chi connectivity index (χ0) is 25.2. The van der Waals surface area contributed by atoms with Crippen LogP contribution in [-0.4, -0.2) is 31.2 Å². The Labute approximate surface area is 204 Å². The number of hydrogen-bond acceptors (Lipinski definition) is 5. The van der Waals surface area contributed by atoms with Gasteiger partial charge < -0.3 is 10.1 Å². The molecule has 0 aliphatic carbocycles. The topological polar surface area (TPSA) is 116 Å². The van der Waals surface area contributed by atoms with E-state index in [2.05, 4.69) is 16.5 Å². The fraction of sp³-hybridized carbons (Fsp3) is 0.154. The molecule has 0 aliphatic heterocycles. The summed E-state index contributed by atoms with van der Waals surface area (Å²) < 4.78 is 29.9. The Hall–Kier alpha value is -3.95. The number of rotatable bonds is 7. The van der Waals surface area contributed by atoms with Crippen molar-refractivity contribution < 1.29 is 17.9 Å². The lowest BCUT2D eigenvalue weighted by molar-refractivity contribution is 0.0945. The molecule has 1 heterocycles. The number of nitrogens with one attached hydrogen (secondary N) is 1. The van der Waals surface area contributed by atoms with Crippen molar-refractivity contribution in [2.24, 2.45) is 5.14 Å². The van der Waals surface area contributed by atoms with Gasteiger partial charge in [-0.15, -0.1) is 0 Å². The van der Waals surface area contributed by atoms with Gasteiger partial charge in [-0.05, 0) is 79.1 Å². The van der Waals surface area contributed by atoms with Crippen LogP contribution in [0, 0.1) is 13.8 Å². The number of carbonyl (C=O) groups is 1. The lowest BCUT2D eigenvalue weighted by Crippen LogP contribution is -2.23. The number of benzene rings is 3. The summed E-state index contributed by atoms with van der Waals surface area (Å²) in [5.41, 5.74) is 5.81. The SMILES string of the molecule is COc1ccc(-n2nc(C(=O)NCc3ccc(S(N)(=O)=O)cc3)cc2-c2ccc(C)c(C)c2)cc1. The van der Waals surface area contributed by atoms with Gasteiger partial charge in [0.05, 0.1) is 23.4 Å². The maximum Gasteiger partial charge on any atom is 0.272 e. The van der Waals surface area contributed by atoms with Crippen LogP contribution < -0.4 is 15.2 Å². The minimum Gasteiger partial charge on any atom is -0.497 e. The molecule has 0 unspecified atom stereocenters. The first kappa shape index (κ1) is 24.2. The molecule has 3 N–H and O–H groups in total. The first-order valence-electron chi connectivity index (χ1n) is 10.9. The zero-order valence-electron chi connectivity index (χ0n) is 19.6. The molecule has 4 rings (SSSR count). The maximum atomic E-state index is 13.0. The molecular weight excluding hydrogens is 464 g/mol. The highest BCUT2D eigenvalue weighted by Gasteiger charge is 2.17. The summed E-state index contributed by atoms with van der Waals surface area (Å²) in [6.45, 7) is 4.30. The third-order valence-corrected chi connectivity index (χ3v) is 6.70. The van der Waals surface area contributed by atoms with Gasteiger partial charge in [0.25, 0.3) is 5.91 Å². The summed E-state index contributed by atoms with van der Waals surface area (Å²) in [6, 6.07) is 21.4. The van der Waals surface area contributed by atoms with E-state index >= 15 is 0 Å². The van der Waals surface area contributed by atoms with E-state index in [-0.39, 0.29) is 23.0 Å². The van der Waals surface area contributed by atoms with Crippen molar-refractivity contribution in [3.63, 3.8) is 0 Å². The Morgan fingerprint density at radius 2 is 1.66 bits per heavy atom. The zero-order valence-corrected chi connectivity index (χ0v) is 20.5. The average molecular weight is 491 g/mol. The molecule has 4 aromatic rings. The lowest BCUT2D eigenvalue weighted by atomic mass is 10.0. The number of carbonyl (C=O) groups excluding carboxylic acids is 1. The van der Waals surface area contributed by atoms with Crippen LogP contribution in [0.15, 0.2) is 77.7 Å². The Morgan fingerprint density at radius 1 is 0.971 bits per heavy atom. The molecule has 0 atom stereocenters. The quantitative estimate of drug-likeness (QED) is 0.409. The summed E-state index contributed by atoms with van der Waals surface area (Å²) in [7, 11) is -2.16. The Bertz CT molecular complexity index is 1480. The van der Waals surface area contributed by atoms with Gasteiger partial charge in [0.15, 0.2) is 5.69 Å². The first-order chi connectivity index (χ1) is 16.7. The molecule has 0 fully saturated rings. The van der Waals surface area contributed by atoms with Gasteiger partial charge in [-0.2, -0.15) is 5.10 Å². The fourth-order valence-corrected chi connectivity index (χ4v) is 4.10. The smallest absolute Gasteiger partial charge is 0.272 e. The van der Waals surface area contributed by atoms with Crippen molar-refractivity contribution in [2.45, 2.75) is 25.3 Å². The van der Waals surface area contributed by atoms with Gasteiger partial charge >= 0.3 is 0 Å². The normalized spacial score (nSPS) is 11.3. The summed E-state index contributed by atoms with van der Waals surface area (Å²) in [5.74, 6) is 0.373. The van der Waals surface area contributed by atoms with E-state index in [9.17, 15) is 13.2 Å². The summed E-state index contributed by atoms with van der Waals surface area (Å²) in [5, 5.41) is 12.6. The Balaban J connectivity index is 1.63. The highest BCUT2D eigenvalue weighted by Crippen LogP contribution is 2.27. The summed E-state index contributed by atoms with van der Waals surface area (Å²) >= 11 is 0. The van der Waals surface area contributed by atoms with Crippen LogP contribution in [0.2, 0.25) is 0 Å². The molecule has 9 heteroatoms. The van der Waals surface area contributed by atoms with Crippen molar-refractivity contribution in [1.29, 1.82) is 0 Å². The lowest BCUT2D eigenvalue weighted by Gasteiger charge is -2.10. The number of primary sulfonamides is 1. The molecule has 0 saturated carbocycles. The summed E-state index contributed by atoms with van der Waals surface area (Å²) in [4.78, 5) is 13.0. The Morgan fingerprint density at radius 3 is 2.26 bits per heavy atom. The number of nitrogens with two attached hydrogens (primary N) is 1. The number of nitrogens with zero attached hydrogens (tertiary/aromatic N) is 2. The molecule has 8 nitrogen and oxygen atoms in total. The highest BCUT2D eigenvalue weighted by atomic mass is 32.2. The van der Waals surface area contributed by atoms with Gasteiger partial charge in [-0.25, -0.2) is 18.2 Å². The first-order valence-corrected chi connectivity index (χ1v) is 12.4. The number of aromatic nitrogens is 2. The molecule has 1 amide bonds. The predicted molar refractivity (Wildman–Crippen MR) is 134 cm³/mol. The maximum absolute atomic E-state index is 13.0. The van der Waals surface area contributed by atoms with E-state index < -0.39 is 10.0 Å². The van der Waals surface area contributed by atoms with Crippen LogP contribution in [0.5, 0.6) is 5.75 Å². The van der Waals surface area contributed by atoms with Crippen molar-refractivity contribution in [3.8, 4) is 22.7 Å². The molecule has 0 spiro atoms. The largest absolute Gasteiger partial charge is 0.497 e. The van der Waals surface area contributed by atoms with E-state index in [0.717, 1.165) is 33.8 Å². The van der Waals surface area contributed by atoms with Crippen molar-refractivity contribution in [1.82, 2.24) is 15.1 Å². The van der Waals surface area contributed by atoms with Gasteiger partial charge in [0, 0.05) is 12.1 Å². The second-order valence-corrected chi connectivity index (χ2v) is 9.76. The molecule has 0 aliphatic rings. The third-order valence-electron chi connectivity index (χ3n) is 5.77. The minimum absolute atomic E-state index is 0.0174. The molecule has 35 heavy (non-hydrogen) atoms. The molecule has 180 valence electrons. The van der Waals surface area contributed by atoms with Crippen molar-refractivity contribution in [3.05, 3.63) is 95.2 Å². The van der Waals surface area contributed by atoms with Crippen LogP contribution in [0.4, 0.5) is 0 Å². The second-order valence-electron chi connectivity index (χ2n) is 8.20. The van der Waals surface area contributed by atoms with Crippen LogP contribution in [0.3, 0.4) is 0 Å². The average Bonchev–Trinajstić information content (AvgIpc) is 3.29. The number of ether oxygens (including phenoxy) is 1. The molecule has 0 bridgehead atoms. The summed E-state index contributed by atoms with van der Waals surface area (Å²) in [6.07, 6.45) is 0. The van der Waals surface area contributed by atoms with E-state index in [1.807, 2.05) is 50.2 Å².